The zero-order valence-electron chi connectivity index (χ0n) is 22.4. The van der Waals surface area contributed by atoms with Gasteiger partial charge in [0.05, 0.1) is 10.6 Å². The second kappa shape index (κ2) is 12.5. The minimum Gasteiger partial charge on any atom is -0.357 e. The number of halogens is 1. The highest BCUT2D eigenvalue weighted by atomic mass is 35.5. The summed E-state index contributed by atoms with van der Waals surface area (Å²) in [6, 6.07) is 18.2. The van der Waals surface area contributed by atoms with Gasteiger partial charge in [-0.15, -0.1) is 0 Å². The van der Waals surface area contributed by atoms with Crippen molar-refractivity contribution in [2.45, 2.75) is 51.6 Å². The molecule has 1 atom stereocenters. The van der Waals surface area contributed by atoms with Crippen molar-refractivity contribution < 1.29 is 18.0 Å². The maximum Gasteiger partial charge on any atom is 0.264 e. The molecule has 0 saturated carbocycles. The third-order valence-electron chi connectivity index (χ3n) is 6.44. The van der Waals surface area contributed by atoms with Crippen molar-refractivity contribution in [3.63, 3.8) is 0 Å². The average Bonchev–Trinajstić information content (AvgIpc) is 2.88. The summed E-state index contributed by atoms with van der Waals surface area (Å²) in [5, 5.41) is 3.07. The zero-order chi connectivity index (χ0) is 28.0. The summed E-state index contributed by atoms with van der Waals surface area (Å²) in [5.41, 5.74) is 3.65. The van der Waals surface area contributed by atoms with Crippen LogP contribution >= 0.6 is 11.6 Å². The number of nitrogens with zero attached hydrogens (tertiary/aromatic N) is 2. The smallest absolute Gasteiger partial charge is 0.264 e. The van der Waals surface area contributed by atoms with Crippen molar-refractivity contribution in [1.82, 2.24) is 10.2 Å². The number of carbonyl (C=O) groups excluding carboxylic acids is 2. The maximum atomic E-state index is 14.0. The van der Waals surface area contributed by atoms with Crippen LogP contribution in [0.4, 0.5) is 5.69 Å². The lowest BCUT2D eigenvalue weighted by Gasteiger charge is -2.33. The molecule has 0 spiro atoms. The van der Waals surface area contributed by atoms with Crippen molar-refractivity contribution in [3.05, 3.63) is 94.0 Å². The molecule has 2 amide bonds. The molecule has 3 aromatic rings. The molecule has 0 fully saturated rings. The number of anilines is 1. The highest BCUT2D eigenvalue weighted by Crippen LogP contribution is 2.29. The molecule has 7 nitrogen and oxygen atoms in total. The first-order chi connectivity index (χ1) is 18.0. The Morgan fingerprint density at radius 2 is 1.58 bits per heavy atom. The monoisotopic (exact) mass is 555 g/mol. The van der Waals surface area contributed by atoms with Crippen LogP contribution in [-0.4, -0.2) is 44.8 Å². The zero-order valence-corrected chi connectivity index (χ0v) is 23.9. The topological polar surface area (TPSA) is 86.8 Å². The summed E-state index contributed by atoms with van der Waals surface area (Å²) in [7, 11) is -2.61. The lowest BCUT2D eigenvalue weighted by atomic mass is 10.1. The third-order valence-corrected chi connectivity index (χ3v) is 8.58. The van der Waals surface area contributed by atoms with Gasteiger partial charge in [-0.25, -0.2) is 8.42 Å². The SMILES string of the molecule is CCC(C(=O)NC)N(Cc1ccccc1Cl)C(=O)CN(c1ccc(C)cc1C)S(=O)(=O)c1ccc(C)cc1. The highest BCUT2D eigenvalue weighted by Gasteiger charge is 2.34. The van der Waals surface area contributed by atoms with E-state index >= 15 is 0 Å². The van der Waals surface area contributed by atoms with Gasteiger partial charge < -0.3 is 10.2 Å². The van der Waals surface area contributed by atoms with Crippen LogP contribution in [0.3, 0.4) is 0 Å². The quantitative estimate of drug-likeness (QED) is 0.381. The summed E-state index contributed by atoms with van der Waals surface area (Å²) < 4.78 is 29.0. The molecule has 0 bridgehead atoms. The van der Waals surface area contributed by atoms with Gasteiger partial charge in [0, 0.05) is 18.6 Å². The van der Waals surface area contributed by atoms with Crippen molar-refractivity contribution in [1.29, 1.82) is 0 Å². The number of aryl methyl sites for hydroxylation is 3. The number of sulfonamides is 1. The fourth-order valence-corrected chi connectivity index (χ4v) is 6.01. The lowest BCUT2D eigenvalue weighted by Crippen LogP contribution is -2.51. The average molecular weight is 556 g/mol. The number of amides is 2. The summed E-state index contributed by atoms with van der Waals surface area (Å²) in [5.74, 6) is -0.858. The van der Waals surface area contributed by atoms with Gasteiger partial charge in [0.25, 0.3) is 10.0 Å². The van der Waals surface area contributed by atoms with E-state index in [9.17, 15) is 18.0 Å². The summed E-state index contributed by atoms with van der Waals surface area (Å²) in [6.45, 7) is 6.97. The van der Waals surface area contributed by atoms with Crippen molar-refractivity contribution in [2.24, 2.45) is 0 Å². The molecule has 3 aromatic carbocycles. The molecule has 1 unspecified atom stereocenters. The normalized spacial score (nSPS) is 12.1. The predicted molar refractivity (Wildman–Crippen MR) is 152 cm³/mol. The Labute approximate surface area is 230 Å². The minimum absolute atomic E-state index is 0.0513. The second-order valence-electron chi connectivity index (χ2n) is 9.27. The first kappa shape index (κ1) is 29.2. The molecule has 0 aliphatic carbocycles. The van der Waals surface area contributed by atoms with E-state index in [0.717, 1.165) is 15.4 Å². The van der Waals surface area contributed by atoms with E-state index in [0.29, 0.717) is 28.3 Å². The first-order valence-electron chi connectivity index (χ1n) is 12.4. The van der Waals surface area contributed by atoms with Gasteiger partial charge >= 0.3 is 0 Å². The van der Waals surface area contributed by atoms with Gasteiger partial charge in [0.2, 0.25) is 11.8 Å². The Kier molecular flexibility index (Phi) is 9.57. The number of benzene rings is 3. The molecule has 0 aromatic heterocycles. The van der Waals surface area contributed by atoms with E-state index in [2.05, 4.69) is 5.32 Å². The van der Waals surface area contributed by atoms with Gasteiger partial charge in [0.1, 0.15) is 12.6 Å². The number of likely N-dealkylation sites (N-methyl/N-ethyl adjacent to an activating group) is 1. The van der Waals surface area contributed by atoms with Gasteiger partial charge in [-0.05, 0) is 62.6 Å². The predicted octanol–water partition coefficient (Wildman–Crippen LogP) is 5.01. The van der Waals surface area contributed by atoms with Crippen LogP contribution in [0, 0.1) is 20.8 Å². The fourth-order valence-electron chi connectivity index (χ4n) is 4.33. The van der Waals surface area contributed by atoms with Gasteiger partial charge in [-0.3, -0.25) is 13.9 Å². The summed E-state index contributed by atoms with van der Waals surface area (Å²) in [4.78, 5) is 28.2. The molecule has 1 N–H and O–H groups in total. The number of hydrogen-bond donors (Lipinski definition) is 1. The molecule has 202 valence electrons. The minimum atomic E-state index is -4.11. The van der Waals surface area contributed by atoms with E-state index < -0.39 is 28.5 Å². The number of rotatable bonds is 10. The molecular weight excluding hydrogens is 522 g/mol. The number of carbonyl (C=O) groups is 2. The van der Waals surface area contributed by atoms with Crippen LogP contribution in [0.2, 0.25) is 5.02 Å². The first-order valence-corrected chi connectivity index (χ1v) is 14.2. The van der Waals surface area contributed by atoms with Crippen molar-refractivity contribution in [3.8, 4) is 0 Å². The molecule has 9 heteroatoms. The Bertz CT molecular complexity index is 1410. The van der Waals surface area contributed by atoms with Gasteiger partial charge in [-0.2, -0.15) is 0 Å². The van der Waals surface area contributed by atoms with E-state index in [1.54, 1.807) is 49.4 Å². The molecule has 38 heavy (non-hydrogen) atoms. The van der Waals surface area contributed by atoms with Gasteiger partial charge in [0.15, 0.2) is 0 Å². The molecule has 3 rings (SSSR count). The standard InChI is InChI=1S/C29H34ClN3O4S/c1-6-26(29(35)31-5)32(18-23-9-7-8-10-25(23)30)28(34)19-33(27-16-13-21(3)17-22(27)4)38(36,37)24-14-11-20(2)12-15-24/h7-17,26H,6,18-19H2,1-5H3,(H,31,35). The van der Waals surface area contributed by atoms with Crippen LogP contribution in [0.25, 0.3) is 0 Å². The lowest BCUT2D eigenvalue weighted by molar-refractivity contribution is -0.140. The van der Waals surface area contributed by atoms with Crippen LogP contribution in [0.15, 0.2) is 71.6 Å². The van der Waals surface area contributed by atoms with E-state index in [4.69, 9.17) is 11.6 Å². The van der Waals surface area contributed by atoms with Gasteiger partial charge in [-0.1, -0.05) is 72.1 Å². The van der Waals surface area contributed by atoms with Crippen LogP contribution in [-0.2, 0) is 26.2 Å². The Hall–Kier alpha value is -3.36. The summed E-state index contributed by atoms with van der Waals surface area (Å²) in [6.07, 6.45) is 0.337. The van der Waals surface area contributed by atoms with Crippen LogP contribution in [0.1, 0.15) is 35.6 Å². The molecular formula is C29H34ClN3O4S. The molecule has 0 aliphatic rings. The van der Waals surface area contributed by atoms with Crippen molar-refractivity contribution in [2.75, 3.05) is 17.9 Å². The van der Waals surface area contributed by atoms with Crippen molar-refractivity contribution >= 4 is 39.1 Å². The molecule has 0 aliphatic heterocycles. The molecule has 0 saturated heterocycles. The van der Waals surface area contributed by atoms with Crippen LogP contribution in [0.5, 0.6) is 0 Å². The number of hydrogen-bond acceptors (Lipinski definition) is 4. The third kappa shape index (κ3) is 6.55. The highest BCUT2D eigenvalue weighted by molar-refractivity contribution is 7.92. The largest absolute Gasteiger partial charge is 0.357 e. The Morgan fingerprint density at radius 1 is 0.947 bits per heavy atom. The Morgan fingerprint density at radius 3 is 2.16 bits per heavy atom. The maximum absolute atomic E-state index is 14.0. The number of nitrogens with one attached hydrogen (secondary N) is 1. The fraction of sp³-hybridized carbons (Fsp3) is 0.310. The van der Waals surface area contributed by atoms with E-state index in [-0.39, 0.29) is 17.3 Å². The Balaban J connectivity index is 2.11. The van der Waals surface area contributed by atoms with E-state index in [1.165, 1.54) is 24.1 Å². The van der Waals surface area contributed by atoms with E-state index in [1.807, 2.05) is 32.9 Å². The second-order valence-corrected chi connectivity index (χ2v) is 11.5. The molecule has 0 radical (unpaired) electrons. The summed E-state index contributed by atoms with van der Waals surface area (Å²) >= 11 is 6.39. The van der Waals surface area contributed by atoms with Crippen LogP contribution < -0.4 is 9.62 Å². The molecule has 0 heterocycles.